The molecule has 2 amide bonds. The van der Waals surface area contributed by atoms with Crippen LogP contribution in [0.5, 0.6) is 0 Å². The van der Waals surface area contributed by atoms with Crippen LogP contribution in [0.3, 0.4) is 0 Å². The molecule has 174 valence electrons. The number of halogens is 1. The second-order valence-electron chi connectivity index (χ2n) is 8.20. The fourth-order valence-electron chi connectivity index (χ4n) is 3.85. The van der Waals surface area contributed by atoms with E-state index in [-0.39, 0.29) is 30.3 Å². The molecule has 3 heterocycles. The van der Waals surface area contributed by atoms with Gasteiger partial charge in [0.25, 0.3) is 5.91 Å². The molecule has 5 nitrogen and oxygen atoms in total. The number of benzene rings is 1. The van der Waals surface area contributed by atoms with E-state index in [0.717, 1.165) is 28.8 Å². The standard InChI is InChI=1S/C25H27FN2O3S2/c1-18-10-13-33-23(18)16-27(14-19-6-8-20(26)9-7-19)24(29)17-28(15-21-4-2-11-31-21)25(30)22-5-3-12-32-22/h3,5-10,12-13,21H,2,4,11,14-17H2,1H3. The smallest absolute Gasteiger partial charge is 0.264 e. The van der Waals surface area contributed by atoms with Crippen molar-refractivity contribution in [3.05, 3.63) is 79.9 Å². The number of carbonyl (C=O) groups is 2. The molecular weight excluding hydrogens is 459 g/mol. The van der Waals surface area contributed by atoms with Gasteiger partial charge in [0.2, 0.25) is 5.91 Å². The van der Waals surface area contributed by atoms with Gasteiger partial charge in [-0.3, -0.25) is 9.59 Å². The highest BCUT2D eigenvalue weighted by Gasteiger charge is 2.28. The summed E-state index contributed by atoms with van der Waals surface area (Å²) in [6.07, 6.45) is 1.80. The molecular formula is C25H27FN2O3S2. The van der Waals surface area contributed by atoms with E-state index in [1.165, 1.54) is 23.5 Å². The Morgan fingerprint density at radius 1 is 1.06 bits per heavy atom. The number of hydrogen-bond acceptors (Lipinski definition) is 5. The molecule has 33 heavy (non-hydrogen) atoms. The van der Waals surface area contributed by atoms with E-state index in [0.29, 0.717) is 31.1 Å². The minimum atomic E-state index is -0.310. The number of thiophene rings is 2. The van der Waals surface area contributed by atoms with Gasteiger partial charge in [0.15, 0.2) is 0 Å². The Hall–Kier alpha value is -2.55. The predicted molar refractivity (Wildman–Crippen MR) is 129 cm³/mol. The summed E-state index contributed by atoms with van der Waals surface area (Å²) >= 11 is 2.98. The molecule has 1 unspecified atom stereocenters. The van der Waals surface area contributed by atoms with E-state index in [2.05, 4.69) is 0 Å². The highest BCUT2D eigenvalue weighted by molar-refractivity contribution is 7.12. The van der Waals surface area contributed by atoms with Crippen molar-refractivity contribution in [2.75, 3.05) is 19.7 Å². The van der Waals surface area contributed by atoms with Crippen LogP contribution in [0, 0.1) is 12.7 Å². The van der Waals surface area contributed by atoms with Gasteiger partial charge in [0, 0.05) is 24.6 Å². The number of aryl methyl sites for hydroxylation is 1. The van der Waals surface area contributed by atoms with Gasteiger partial charge >= 0.3 is 0 Å². The number of nitrogens with zero attached hydrogens (tertiary/aromatic N) is 2. The second kappa shape index (κ2) is 11.0. The van der Waals surface area contributed by atoms with Crippen molar-refractivity contribution in [1.29, 1.82) is 0 Å². The van der Waals surface area contributed by atoms with Crippen molar-refractivity contribution >= 4 is 34.5 Å². The monoisotopic (exact) mass is 486 g/mol. The van der Waals surface area contributed by atoms with E-state index in [9.17, 15) is 14.0 Å². The third kappa shape index (κ3) is 6.28. The third-order valence-corrected chi connectivity index (χ3v) is 7.60. The first-order valence-electron chi connectivity index (χ1n) is 11.0. The fourth-order valence-corrected chi connectivity index (χ4v) is 5.47. The summed E-state index contributed by atoms with van der Waals surface area (Å²) in [5.74, 6) is -0.604. The fraction of sp³-hybridized carbons (Fsp3) is 0.360. The zero-order chi connectivity index (χ0) is 23.2. The van der Waals surface area contributed by atoms with Gasteiger partial charge < -0.3 is 14.5 Å². The van der Waals surface area contributed by atoms with Crippen molar-refractivity contribution in [1.82, 2.24) is 9.80 Å². The van der Waals surface area contributed by atoms with Crippen LogP contribution in [0.2, 0.25) is 0 Å². The predicted octanol–water partition coefficient (Wildman–Crippen LogP) is 5.11. The summed E-state index contributed by atoms with van der Waals surface area (Å²) in [7, 11) is 0. The largest absolute Gasteiger partial charge is 0.376 e. The molecule has 0 saturated carbocycles. The first-order valence-corrected chi connectivity index (χ1v) is 12.7. The van der Waals surface area contributed by atoms with Crippen LogP contribution in [0.25, 0.3) is 0 Å². The summed E-state index contributed by atoms with van der Waals surface area (Å²) in [5, 5.41) is 3.87. The Labute approximate surface area is 201 Å². The normalized spacial score (nSPS) is 15.5. The maximum atomic E-state index is 13.5. The summed E-state index contributed by atoms with van der Waals surface area (Å²) in [6.45, 7) is 3.87. The minimum Gasteiger partial charge on any atom is -0.376 e. The molecule has 1 aliphatic rings. The van der Waals surface area contributed by atoms with Crippen molar-refractivity contribution in [3.8, 4) is 0 Å². The SMILES string of the molecule is Cc1ccsc1CN(Cc1ccc(F)cc1)C(=O)CN(CC1CCCO1)C(=O)c1cccs1. The van der Waals surface area contributed by atoms with Crippen LogP contribution < -0.4 is 0 Å². The Balaban J connectivity index is 1.54. The molecule has 0 spiro atoms. The molecule has 0 N–H and O–H groups in total. The zero-order valence-corrected chi connectivity index (χ0v) is 20.2. The van der Waals surface area contributed by atoms with Gasteiger partial charge in [-0.25, -0.2) is 4.39 Å². The minimum absolute atomic E-state index is 0.0256. The van der Waals surface area contributed by atoms with Gasteiger partial charge in [-0.1, -0.05) is 18.2 Å². The van der Waals surface area contributed by atoms with E-state index < -0.39 is 0 Å². The third-order valence-electron chi connectivity index (χ3n) is 5.74. The molecule has 1 saturated heterocycles. The Kier molecular flexibility index (Phi) is 7.90. The number of carbonyl (C=O) groups excluding carboxylic acids is 2. The Morgan fingerprint density at radius 2 is 1.88 bits per heavy atom. The summed E-state index contributed by atoms with van der Waals surface area (Å²) in [5.41, 5.74) is 1.97. The zero-order valence-electron chi connectivity index (χ0n) is 18.5. The number of ether oxygens (including phenoxy) is 1. The van der Waals surface area contributed by atoms with E-state index in [4.69, 9.17) is 4.74 Å². The molecule has 1 fully saturated rings. The molecule has 3 aromatic rings. The van der Waals surface area contributed by atoms with E-state index in [1.807, 2.05) is 29.8 Å². The lowest BCUT2D eigenvalue weighted by atomic mass is 10.2. The van der Waals surface area contributed by atoms with Gasteiger partial charge in [-0.05, 0) is 65.9 Å². The molecule has 0 bridgehead atoms. The first kappa shape index (κ1) is 23.6. The molecule has 1 atom stereocenters. The second-order valence-corrected chi connectivity index (χ2v) is 10.1. The number of amides is 2. The molecule has 0 radical (unpaired) electrons. The molecule has 2 aromatic heterocycles. The molecule has 4 rings (SSSR count). The lowest BCUT2D eigenvalue weighted by molar-refractivity contribution is -0.133. The van der Waals surface area contributed by atoms with Crippen molar-refractivity contribution in [3.63, 3.8) is 0 Å². The van der Waals surface area contributed by atoms with Crippen molar-refractivity contribution in [2.24, 2.45) is 0 Å². The highest BCUT2D eigenvalue weighted by Crippen LogP contribution is 2.21. The van der Waals surface area contributed by atoms with Gasteiger partial charge in [-0.15, -0.1) is 22.7 Å². The van der Waals surface area contributed by atoms with Crippen LogP contribution in [0.1, 0.15) is 38.5 Å². The summed E-state index contributed by atoms with van der Waals surface area (Å²) in [4.78, 5) is 31.8. The number of hydrogen-bond donors (Lipinski definition) is 0. The van der Waals surface area contributed by atoms with Crippen LogP contribution in [-0.4, -0.2) is 47.4 Å². The maximum Gasteiger partial charge on any atom is 0.264 e. The van der Waals surface area contributed by atoms with E-state index >= 15 is 0 Å². The van der Waals surface area contributed by atoms with Crippen molar-refractivity contribution in [2.45, 2.75) is 39.0 Å². The Bertz CT molecular complexity index is 1060. The quantitative estimate of drug-likeness (QED) is 0.423. The summed E-state index contributed by atoms with van der Waals surface area (Å²) < 4.78 is 19.1. The van der Waals surface area contributed by atoms with E-state index in [1.54, 1.807) is 39.3 Å². The highest BCUT2D eigenvalue weighted by atomic mass is 32.1. The molecule has 0 aliphatic carbocycles. The van der Waals surface area contributed by atoms with Gasteiger partial charge in [0.05, 0.1) is 17.5 Å². The van der Waals surface area contributed by atoms with Crippen LogP contribution in [0.4, 0.5) is 4.39 Å². The van der Waals surface area contributed by atoms with Crippen LogP contribution >= 0.6 is 22.7 Å². The maximum absolute atomic E-state index is 13.5. The first-order chi connectivity index (χ1) is 16.0. The van der Waals surface area contributed by atoms with Gasteiger partial charge in [-0.2, -0.15) is 0 Å². The molecule has 1 aromatic carbocycles. The lowest BCUT2D eigenvalue weighted by Gasteiger charge is -2.29. The number of rotatable bonds is 9. The average molecular weight is 487 g/mol. The van der Waals surface area contributed by atoms with Crippen molar-refractivity contribution < 1.29 is 18.7 Å². The molecule has 1 aliphatic heterocycles. The Morgan fingerprint density at radius 3 is 2.52 bits per heavy atom. The van der Waals surface area contributed by atoms with Crippen LogP contribution in [-0.2, 0) is 22.6 Å². The topological polar surface area (TPSA) is 49.9 Å². The summed E-state index contributed by atoms with van der Waals surface area (Å²) in [6, 6.07) is 11.8. The van der Waals surface area contributed by atoms with Gasteiger partial charge in [0.1, 0.15) is 12.4 Å². The average Bonchev–Trinajstić information content (AvgIpc) is 3.58. The molecule has 8 heteroatoms. The van der Waals surface area contributed by atoms with Crippen LogP contribution in [0.15, 0.2) is 53.2 Å². The lowest BCUT2D eigenvalue weighted by Crippen LogP contribution is -2.45.